The summed E-state index contributed by atoms with van der Waals surface area (Å²) in [6.45, 7) is 13.2. The molecule has 0 unspecified atom stereocenters. The van der Waals surface area contributed by atoms with Gasteiger partial charge in [0.15, 0.2) is 5.96 Å². The summed E-state index contributed by atoms with van der Waals surface area (Å²) in [6, 6.07) is 4.37. The number of aliphatic imine (C=N–C) groups is 1. The molecular formula is C15H26IN3. The number of hydrogen-bond donors (Lipinski definition) is 2. The van der Waals surface area contributed by atoms with Crippen molar-refractivity contribution in [1.82, 2.24) is 5.32 Å². The van der Waals surface area contributed by atoms with Crippen LogP contribution in [0.3, 0.4) is 0 Å². The second-order valence-electron chi connectivity index (χ2n) is 5.95. The molecule has 0 aromatic heterocycles. The third-order valence-electron chi connectivity index (χ3n) is 2.75. The smallest absolute Gasteiger partial charge is 0.189 e. The van der Waals surface area contributed by atoms with Crippen molar-refractivity contribution in [2.24, 2.45) is 10.7 Å². The van der Waals surface area contributed by atoms with Gasteiger partial charge in [-0.2, -0.15) is 0 Å². The van der Waals surface area contributed by atoms with Crippen LogP contribution in [0.1, 0.15) is 43.0 Å². The Morgan fingerprint density at radius 1 is 1.16 bits per heavy atom. The molecule has 0 radical (unpaired) electrons. The SMILES string of the molecule is Cc1cc(C)c(CN=C(N)NC(C)(C)C)c(C)c1.I. The topological polar surface area (TPSA) is 50.4 Å². The molecule has 4 heteroatoms. The lowest BCUT2D eigenvalue weighted by atomic mass is 10.00. The van der Waals surface area contributed by atoms with Gasteiger partial charge in [-0.25, -0.2) is 4.99 Å². The van der Waals surface area contributed by atoms with E-state index in [-0.39, 0.29) is 29.5 Å². The molecule has 0 saturated heterocycles. The molecule has 3 nitrogen and oxygen atoms in total. The minimum Gasteiger partial charge on any atom is -0.370 e. The van der Waals surface area contributed by atoms with E-state index >= 15 is 0 Å². The zero-order chi connectivity index (χ0) is 13.9. The highest BCUT2D eigenvalue weighted by molar-refractivity contribution is 14.0. The largest absolute Gasteiger partial charge is 0.370 e. The molecule has 0 saturated carbocycles. The molecule has 0 atom stereocenters. The van der Waals surface area contributed by atoms with Crippen molar-refractivity contribution in [2.75, 3.05) is 0 Å². The summed E-state index contributed by atoms with van der Waals surface area (Å²) < 4.78 is 0. The van der Waals surface area contributed by atoms with Crippen molar-refractivity contribution in [1.29, 1.82) is 0 Å². The Labute approximate surface area is 134 Å². The maximum Gasteiger partial charge on any atom is 0.189 e. The second-order valence-corrected chi connectivity index (χ2v) is 5.95. The number of aryl methyl sites for hydroxylation is 3. The first-order chi connectivity index (χ1) is 8.19. The minimum absolute atomic E-state index is 0. The van der Waals surface area contributed by atoms with Gasteiger partial charge < -0.3 is 11.1 Å². The number of rotatable bonds is 2. The minimum atomic E-state index is -0.0506. The number of hydrogen-bond acceptors (Lipinski definition) is 1. The van der Waals surface area contributed by atoms with Gasteiger partial charge in [0.25, 0.3) is 0 Å². The molecule has 1 rings (SSSR count). The van der Waals surface area contributed by atoms with Crippen LogP contribution in [0.5, 0.6) is 0 Å². The fourth-order valence-corrected chi connectivity index (χ4v) is 2.05. The van der Waals surface area contributed by atoms with Gasteiger partial charge in [0, 0.05) is 5.54 Å². The number of halogens is 1. The lowest BCUT2D eigenvalue weighted by Gasteiger charge is -2.21. The van der Waals surface area contributed by atoms with Crippen LogP contribution in [0.2, 0.25) is 0 Å². The lowest BCUT2D eigenvalue weighted by Crippen LogP contribution is -2.45. The normalized spacial score (nSPS) is 12.0. The predicted molar refractivity (Wildman–Crippen MR) is 94.3 cm³/mol. The molecule has 0 aliphatic rings. The summed E-state index contributed by atoms with van der Waals surface area (Å²) in [6.07, 6.45) is 0. The molecule has 0 spiro atoms. The van der Waals surface area contributed by atoms with Crippen molar-refractivity contribution in [2.45, 2.75) is 53.6 Å². The molecule has 0 aliphatic carbocycles. The quantitative estimate of drug-likeness (QED) is 0.473. The summed E-state index contributed by atoms with van der Waals surface area (Å²) in [5.74, 6) is 0.502. The van der Waals surface area contributed by atoms with Crippen LogP contribution in [-0.2, 0) is 6.54 Å². The molecule has 1 aromatic carbocycles. The van der Waals surface area contributed by atoms with E-state index in [2.05, 4.69) is 64.0 Å². The van der Waals surface area contributed by atoms with E-state index < -0.39 is 0 Å². The molecule has 0 fully saturated rings. The van der Waals surface area contributed by atoms with Crippen LogP contribution in [-0.4, -0.2) is 11.5 Å². The van der Waals surface area contributed by atoms with Gasteiger partial charge in [-0.05, 0) is 58.2 Å². The monoisotopic (exact) mass is 375 g/mol. The molecule has 3 N–H and O–H groups in total. The highest BCUT2D eigenvalue weighted by atomic mass is 127. The third-order valence-corrected chi connectivity index (χ3v) is 2.75. The fraction of sp³-hybridized carbons (Fsp3) is 0.533. The zero-order valence-electron chi connectivity index (χ0n) is 12.8. The van der Waals surface area contributed by atoms with E-state index in [9.17, 15) is 0 Å². The average Bonchev–Trinajstić information content (AvgIpc) is 2.12. The van der Waals surface area contributed by atoms with Crippen molar-refractivity contribution in [3.63, 3.8) is 0 Å². The van der Waals surface area contributed by atoms with Gasteiger partial charge in [0.2, 0.25) is 0 Å². The first kappa shape index (κ1) is 18.2. The first-order valence-electron chi connectivity index (χ1n) is 6.34. The Hall–Kier alpha value is -0.780. The molecule has 0 aliphatic heterocycles. The molecule has 108 valence electrons. The summed E-state index contributed by atoms with van der Waals surface area (Å²) >= 11 is 0. The summed E-state index contributed by atoms with van der Waals surface area (Å²) in [5, 5.41) is 3.17. The maximum atomic E-state index is 5.88. The molecule has 1 aromatic rings. The molecule has 19 heavy (non-hydrogen) atoms. The Morgan fingerprint density at radius 2 is 1.63 bits per heavy atom. The van der Waals surface area contributed by atoms with Gasteiger partial charge in [-0.15, -0.1) is 24.0 Å². The average molecular weight is 375 g/mol. The molecule has 0 bridgehead atoms. The lowest BCUT2D eigenvalue weighted by molar-refractivity contribution is 0.508. The van der Waals surface area contributed by atoms with Crippen molar-refractivity contribution in [3.05, 3.63) is 34.4 Å². The second kappa shape index (κ2) is 7.12. The number of nitrogens with one attached hydrogen (secondary N) is 1. The molecule has 0 amide bonds. The third kappa shape index (κ3) is 6.27. The van der Waals surface area contributed by atoms with Crippen LogP contribution >= 0.6 is 24.0 Å². The zero-order valence-corrected chi connectivity index (χ0v) is 15.1. The van der Waals surface area contributed by atoms with Gasteiger partial charge in [0.1, 0.15) is 0 Å². The van der Waals surface area contributed by atoms with Crippen molar-refractivity contribution >= 4 is 29.9 Å². The van der Waals surface area contributed by atoms with Crippen LogP contribution < -0.4 is 11.1 Å². The highest BCUT2D eigenvalue weighted by Gasteiger charge is 2.10. The van der Waals surface area contributed by atoms with E-state index in [1.54, 1.807) is 0 Å². The summed E-state index contributed by atoms with van der Waals surface area (Å²) in [5.41, 5.74) is 10.9. The van der Waals surface area contributed by atoms with Crippen LogP contribution in [0.15, 0.2) is 17.1 Å². The van der Waals surface area contributed by atoms with E-state index in [1.807, 2.05) is 0 Å². The number of guanidine groups is 1. The van der Waals surface area contributed by atoms with Crippen LogP contribution in [0.25, 0.3) is 0 Å². The van der Waals surface area contributed by atoms with E-state index in [4.69, 9.17) is 5.73 Å². The maximum absolute atomic E-state index is 5.88. The molecular weight excluding hydrogens is 349 g/mol. The van der Waals surface area contributed by atoms with Crippen molar-refractivity contribution < 1.29 is 0 Å². The Morgan fingerprint density at radius 3 is 2.05 bits per heavy atom. The van der Waals surface area contributed by atoms with Crippen LogP contribution in [0, 0.1) is 20.8 Å². The Balaban J connectivity index is 0.00000324. The summed E-state index contributed by atoms with van der Waals surface area (Å²) in [7, 11) is 0. The number of nitrogens with zero attached hydrogens (tertiary/aromatic N) is 1. The van der Waals surface area contributed by atoms with E-state index in [0.717, 1.165) is 0 Å². The van der Waals surface area contributed by atoms with E-state index in [0.29, 0.717) is 12.5 Å². The first-order valence-corrected chi connectivity index (χ1v) is 6.34. The highest BCUT2D eigenvalue weighted by Crippen LogP contribution is 2.17. The van der Waals surface area contributed by atoms with Crippen molar-refractivity contribution in [3.8, 4) is 0 Å². The van der Waals surface area contributed by atoms with Gasteiger partial charge in [-0.3, -0.25) is 0 Å². The Kier molecular flexibility index (Phi) is 6.83. The standard InChI is InChI=1S/C15H25N3.HI/c1-10-7-11(2)13(12(3)8-10)9-17-14(16)18-15(4,5)6;/h7-8H,9H2,1-6H3,(H3,16,17,18);1H. The Bertz CT molecular complexity index is 436. The number of nitrogens with two attached hydrogens (primary N) is 1. The van der Waals surface area contributed by atoms with Crippen LogP contribution in [0.4, 0.5) is 0 Å². The molecule has 0 heterocycles. The van der Waals surface area contributed by atoms with E-state index in [1.165, 1.54) is 22.3 Å². The predicted octanol–water partition coefficient (Wildman–Crippen LogP) is 3.43. The van der Waals surface area contributed by atoms with Gasteiger partial charge in [0.05, 0.1) is 6.54 Å². The fourth-order valence-electron chi connectivity index (χ4n) is 2.05. The van der Waals surface area contributed by atoms with Gasteiger partial charge in [-0.1, -0.05) is 17.7 Å². The number of benzene rings is 1. The van der Waals surface area contributed by atoms with Gasteiger partial charge >= 0.3 is 0 Å². The summed E-state index contributed by atoms with van der Waals surface area (Å²) in [4.78, 5) is 4.41.